The molecule has 74 valence electrons. The molecular formula is C8H12N6. The van der Waals surface area contributed by atoms with E-state index in [2.05, 4.69) is 15.3 Å². The lowest BCUT2D eigenvalue weighted by atomic mass is 10.3. The van der Waals surface area contributed by atoms with Crippen molar-refractivity contribution in [1.82, 2.24) is 9.97 Å². The fourth-order valence-corrected chi connectivity index (χ4v) is 0.975. The molecule has 0 amide bonds. The number of nitrogens with zero attached hydrogens (tertiary/aromatic N) is 3. The minimum Gasteiger partial charge on any atom is -0.394 e. The van der Waals surface area contributed by atoms with Gasteiger partial charge in [-0.25, -0.2) is 4.98 Å². The zero-order valence-electron chi connectivity index (χ0n) is 7.91. The first-order valence-corrected chi connectivity index (χ1v) is 4.15. The van der Waals surface area contributed by atoms with E-state index in [1.54, 1.807) is 6.92 Å². The van der Waals surface area contributed by atoms with Gasteiger partial charge in [-0.3, -0.25) is 0 Å². The van der Waals surface area contributed by atoms with Crippen molar-refractivity contribution >= 4 is 17.5 Å². The Morgan fingerprint density at radius 1 is 1.43 bits per heavy atom. The van der Waals surface area contributed by atoms with Crippen molar-refractivity contribution in [1.29, 1.82) is 5.26 Å². The van der Waals surface area contributed by atoms with Crippen LogP contribution in [0.5, 0.6) is 0 Å². The second-order valence-corrected chi connectivity index (χ2v) is 2.76. The summed E-state index contributed by atoms with van der Waals surface area (Å²) in [5.74, 6) is 0.668. The number of hydrogen-bond donors (Lipinski definition) is 3. The molecule has 0 fully saturated rings. The molecule has 5 N–H and O–H groups in total. The summed E-state index contributed by atoms with van der Waals surface area (Å²) >= 11 is 0. The highest BCUT2D eigenvalue weighted by Gasteiger charge is 2.05. The van der Waals surface area contributed by atoms with Gasteiger partial charge in [-0.05, 0) is 6.92 Å². The quantitative estimate of drug-likeness (QED) is 0.592. The van der Waals surface area contributed by atoms with Gasteiger partial charge in [0.25, 0.3) is 0 Å². The van der Waals surface area contributed by atoms with Gasteiger partial charge in [0, 0.05) is 6.54 Å². The van der Waals surface area contributed by atoms with Crippen molar-refractivity contribution in [3.8, 4) is 6.07 Å². The van der Waals surface area contributed by atoms with Gasteiger partial charge in [0.1, 0.15) is 0 Å². The molecule has 0 unspecified atom stereocenters. The molecule has 6 heteroatoms. The van der Waals surface area contributed by atoms with E-state index in [-0.39, 0.29) is 5.95 Å². The van der Waals surface area contributed by atoms with Crippen molar-refractivity contribution < 1.29 is 0 Å². The molecule has 1 heterocycles. The van der Waals surface area contributed by atoms with Gasteiger partial charge >= 0.3 is 0 Å². The first-order valence-electron chi connectivity index (χ1n) is 4.15. The van der Waals surface area contributed by atoms with Gasteiger partial charge in [0.15, 0.2) is 5.82 Å². The first kappa shape index (κ1) is 10.1. The topological polar surface area (TPSA) is 114 Å². The van der Waals surface area contributed by atoms with E-state index in [1.807, 2.05) is 6.07 Å². The summed E-state index contributed by atoms with van der Waals surface area (Å²) in [6, 6.07) is 2.01. The van der Waals surface area contributed by atoms with Crippen LogP contribution in [0.4, 0.5) is 17.5 Å². The zero-order chi connectivity index (χ0) is 10.6. The maximum atomic E-state index is 8.34. The average molecular weight is 192 g/mol. The predicted octanol–water partition coefficient (Wildman–Crippen LogP) is 0.275. The Balaban J connectivity index is 2.81. The molecule has 0 aromatic carbocycles. The number of nitrogen functional groups attached to an aromatic ring is 2. The van der Waals surface area contributed by atoms with Crippen LogP contribution in [0.25, 0.3) is 0 Å². The third-order valence-corrected chi connectivity index (χ3v) is 1.68. The SMILES string of the molecule is Cc1nc(N)nc(NCCC#N)c1N. The Labute approximate surface area is 82.0 Å². The molecule has 14 heavy (non-hydrogen) atoms. The summed E-state index contributed by atoms with van der Waals surface area (Å²) in [7, 11) is 0. The normalized spacial score (nSPS) is 9.43. The highest BCUT2D eigenvalue weighted by atomic mass is 15.1. The van der Waals surface area contributed by atoms with Crippen LogP contribution in [0.3, 0.4) is 0 Å². The Kier molecular flexibility index (Phi) is 3.07. The smallest absolute Gasteiger partial charge is 0.222 e. The van der Waals surface area contributed by atoms with Crippen LogP contribution in [0.2, 0.25) is 0 Å². The minimum absolute atomic E-state index is 0.177. The zero-order valence-corrected chi connectivity index (χ0v) is 7.91. The molecule has 0 aliphatic carbocycles. The highest BCUT2D eigenvalue weighted by molar-refractivity contribution is 5.65. The molecule has 0 radical (unpaired) electrons. The van der Waals surface area contributed by atoms with Crippen LogP contribution in [0, 0.1) is 18.3 Å². The number of anilines is 3. The van der Waals surface area contributed by atoms with E-state index < -0.39 is 0 Å². The van der Waals surface area contributed by atoms with Gasteiger partial charge in [0.05, 0.1) is 23.9 Å². The largest absolute Gasteiger partial charge is 0.394 e. The molecular weight excluding hydrogens is 180 g/mol. The third kappa shape index (κ3) is 2.23. The number of hydrogen-bond acceptors (Lipinski definition) is 6. The summed E-state index contributed by atoms with van der Waals surface area (Å²) in [6.07, 6.45) is 0.391. The van der Waals surface area contributed by atoms with Crippen LogP contribution in [-0.2, 0) is 0 Å². The van der Waals surface area contributed by atoms with Crippen LogP contribution >= 0.6 is 0 Å². The molecule has 0 atom stereocenters. The molecule has 1 rings (SSSR count). The highest BCUT2D eigenvalue weighted by Crippen LogP contribution is 2.18. The first-order chi connectivity index (χ1) is 6.65. The average Bonchev–Trinajstić information content (AvgIpc) is 2.13. The van der Waals surface area contributed by atoms with Crippen molar-refractivity contribution in [2.75, 3.05) is 23.3 Å². The van der Waals surface area contributed by atoms with Crippen molar-refractivity contribution in [3.63, 3.8) is 0 Å². The van der Waals surface area contributed by atoms with E-state index in [0.717, 1.165) is 0 Å². The molecule has 6 nitrogen and oxygen atoms in total. The van der Waals surface area contributed by atoms with E-state index in [9.17, 15) is 0 Å². The van der Waals surface area contributed by atoms with Gasteiger partial charge in [-0.2, -0.15) is 10.2 Å². The Bertz CT molecular complexity index is 367. The fourth-order valence-electron chi connectivity index (χ4n) is 0.975. The number of nitrogens with one attached hydrogen (secondary N) is 1. The van der Waals surface area contributed by atoms with E-state index >= 15 is 0 Å². The summed E-state index contributed by atoms with van der Waals surface area (Å²) in [4.78, 5) is 7.83. The van der Waals surface area contributed by atoms with E-state index in [4.69, 9.17) is 16.7 Å². The Morgan fingerprint density at radius 3 is 2.79 bits per heavy atom. The Hall–Kier alpha value is -2.03. The number of nitrogens with two attached hydrogens (primary N) is 2. The molecule has 1 aromatic heterocycles. The standard InChI is InChI=1S/C8H12N6/c1-5-6(10)7(12-4-2-3-9)14-8(11)13-5/h2,4,10H2,1H3,(H3,11,12,13,14). The lowest BCUT2D eigenvalue weighted by molar-refractivity contribution is 1.04. The van der Waals surface area contributed by atoms with Gasteiger partial charge in [0.2, 0.25) is 5.95 Å². The van der Waals surface area contributed by atoms with Crippen LogP contribution < -0.4 is 16.8 Å². The molecule has 0 aliphatic heterocycles. The van der Waals surface area contributed by atoms with Crippen LogP contribution in [0.1, 0.15) is 12.1 Å². The second-order valence-electron chi connectivity index (χ2n) is 2.76. The third-order valence-electron chi connectivity index (χ3n) is 1.68. The lowest BCUT2D eigenvalue weighted by Gasteiger charge is -2.08. The maximum Gasteiger partial charge on any atom is 0.222 e. The molecule has 0 saturated heterocycles. The number of rotatable bonds is 3. The van der Waals surface area contributed by atoms with E-state index in [0.29, 0.717) is 30.2 Å². The number of nitriles is 1. The van der Waals surface area contributed by atoms with Crippen molar-refractivity contribution in [2.45, 2.75) is 13.3 Å². The van der Waals surface area contributed by atoms with Gasteiger partial charge < -0.3 is 16.8 Å². The summed E-state index contributed by atoms with van der Waals surface area (Å²) < 4.78 is 0. The van der Waals surface area contributed by atoms with Gasteiger partial charge in [-0.15, -0.1) is 0 Å². The molecule has 0 spiro atoms. The monoisotopic (exact) mass is 192 g/mol. The summed E-state index contributed by atoms with van der Waals surface area (Å²) in [5, 5.41) is 11.3. The molecule has 0 bridgehead atoms. The van der Waals surface area contributed by atoms with Crippen molar-refractivity contribution in [3.05, 3.63) is 5.69 Å². The maximum absolute atomic E-state index is 8.34. The molecule has 0 aliphatic rings. The van der Waals surface area contributed by atoms with Crippen molar-refractivity contribution in [2.24, 2.45) is 0 Å². The van der Waals surface area contributed by atoms with Crippen LogP contribution in [-0.4, -0.2) is 16.5 Å². The summed E-state index contributed by atoms with van der Waals surface area (Å²) in [6.45, 7) is 2.25. The molecule has 0 saturated carbocycles. The van der Waals surface area contributed by atoms with E-state index in [1.165, 1.54) is 0 Å². The lowest BCUT2D eigenvalue weighted by Crippen LogP contribution is -2.10. The van der Waals surface area contributed by atoms with Gasteiger partial charge in [-0.1, -0.05) is 0 Å². The molecule has 1 aromatic rings. The minimum atomic E-state index is 0.177. The Morgan fingerprint density at radius 2 is 2.14 bits per heavy atom. The number of aryl methyl sites for hydroxylation is 1. The number of aromatic nitrogens is 2. The predicted molar refractivity (Wildman–Crippen MR) is 54.3 cm³/mol. The second kappa shape index (κ2) is 4.28. The fraction of sp³-hybridized carbons (Fsp3) is 0.375. The van der Waals surface area contributed by atoms with Crippen LogP contribution in [0.15, 0.2) is 0 Å². The summed E-state index contributed by atoms with van der Waals surface area (Å²) in [5.41, 5.74) is 12.3.